The standard InChI is InChI=1S/C19H25N5O4/c1-3-15(19(28)20-2)21-17(25)9-6-10-24-12-16(22-23-24)14-8-5-4-7-13(14)11-18(26)27/h4-5,7-8,12,15H,3,6,9-11H2,1-2H3,(H,20,28)(H,21,25)(H,26,27). The minimum Gasteiger partial charge on any atom is -0.481 e. The van der Waals surface area contributed by atoms with Gasteiger partial charge in [-0.1, -0.05) is 36.4 Å². The summed E-state index contributed by atoms with van der Waals surface area (Å²) in [5.41, 5.74) is 1.98. The lowest BCUT2D eigenvalue weighted by atomic mass is 10.0. The summed E-state index contributed by atoms with van der Waals surface area (Å²) in [6.07, 6.45) is 2.96. The molecule has 0 spiro atoms. The van der Waals surface area contributed by atoms with Gasteiger partial charge in [-0.25, -0.2) is 0 Å². The molecule has 28 heavy (non-hydrogen) atoms. The van der Waals surface area contributed by atoms with Gasteiger partial charge in [-0.05, 0) is 18.4 Å². The number of nitrogens with one attached hydrogen (secondary N) is 2. The molecule has 1 aromatic carbocycles. The lowest BCUT2D eigenvalue weighted by Crippen LogP contribution is -2.45. The Morgan fingerprint density at radius 1 is 1.25 bits per heavy atom. The molecule has 1 aromatic heterocycles. The number of benzene rings is 1. The first-order chi connectivity index (χ1) is 13.4. The molecule has 1 heterocycles. The summed E-state index contributed by atoms with van der Waals surface area (Å²) in [4.78, 5) is 34.6. The molecule has 0 saturated heterocycles. The largest absolute Gasteiger partial charge is 0.481 e. The van der Waals surface area contributed by atoms with Crippen molar-refractivity contribution >= 4 is 17.8 Å². The Morgan fingerprint density at radius 2 is 2.00 bits per heavy atom. The first-order valence-corrected chi connectivity index (χ1v) is 9.15. The molecule has 150 valence electrons. The third kappa shape index (κ3) is 5.90. The SMILES string of the molecule is CCC(NC(=O)CCCn1cc(-c2ccccc2CC(=O)O)nn1)C(=O)NC. The zero-order chi connectivity index (χ0) is 20.5. The molecule has 0 radical (unpaired) electrons. The number of carboxylic acids is 1. The highest BCUT2D eigenvalue weighted by molar-refractivity contribution is 5.87. The van der Waals surface area contributed by atoms with E-state index in [1.165, 1.54) is 7.05 Å². The molecular formula is C19H25N5O4. The lowest BCUT2D eigenvalue weighted by Gasteiger charge is -2.15. The number of carbonyl (C=O) groups excluding carboxylic acids is 2. The van der Waals surface area contributed by atoms with Crippen molar-refractivity contribution in [2.24, 2.45) is 0 Å². The molecule has 2 rings (SSSR count). The molecule has 1 atom stereocenters. The maximum atomic E-state index is 12.0. The van der Waals surface area contributed by atoms with Crippen LogP contribution in [0.25, 0.3) is 11.3 Å². The molecule has 2 amide bonds. The summed E-state index contributed by atoms with van der Waals surface area (Å²) in [5.74, 6) is -1.31. The Labute approximate surface area is 163 Å². The van der Waals surface area contributed by atoms with E-state index in [-0.39, 0.29) is 24.7 Å². The van der Waals surface area contributed by atoms with Crippen LogP contribution in [0.15, 0.2) is 30.5 Å². The number of nitrogens with zero attached hydrogens (tertiary/aromatic N) is 3. The number of amides is 2. The predicted octanol–water partition coefficient (Wildman–Crippen LogP) is 0.993. The molecule has 3 N–H and O–H groups in total. The highest BCUT2D eigenvalue weighted by atomic mass is 16.4. The molecule has 0 aliphatic heterocycles. The first-order valence-electron chi connectivity index (χ1n) is 9.15. The average molecular weight is 387 g/mol. The Morgan fingerprint density at radius 3 is 2.68 bits per heavy atom. The maximum Gasteiger partial charge on any atom is 0.307 e. The van der Waals surface area contributed by atoms with E-state index in [1.807, 2.05) is 19.1 Å². The number of aliphatic carboxylic acids is 1. The number of carbonyl (C=O) groups is 3. The van der Waals surface area contributed by atoms with Gasteiger partial charge < -0.3 is 15.7 Å². The number of hydrogen-bond acceptors (Lipinski definition) is 5. The Hall–Kier alpha value is -3.23. The molecule has 0 bridgehead atoms. The van der Waals surface area contributed by atoms with E-state index in [0.29, 0.717) is 30.6 Å². The third-order valence-corrected chi connectivity index (χ3v) is 4.27. The maximum absolute atomic E-state index is 12.0. The van der Waals surface area contributed by atoms with E-state index < -0.39 is 12.0 Å². The fourth-order valence-electron chi connectivity index (χ4n) is 2.81. The van der Waals surface area contributed by atoms with Crippen LogP contribution in [0.5, 0.6) is 0 Å². The van der Waals surface area contributed by atoms with Gasteiger partial charge in [0.1, 0.15) is 11.7 Å². The van der Waals surface area contributed by atoms with Gasteiger partial charge in [-0.2, -0.15) is 0 Å². The third-order valence-electron chi connectivity index (χ3n) is 4.27. The van der Waals surface area contributed by atoms with Crippen molar-refractivity contribution in [3.8, 4) is 11.3 Å². The van der Waals surface area contributed by atoms with Gasteiger partial charge in [0.25, 0.3) is 0 Å². The summed E-state index contributed by atoms with van der Waals surface area (Å²) in [7, 11) is 1.54. The summed E-state index contributed by atoms with van der Waals surface area (Å²) in [6.45, 7) is 2.32. The van der Waals surface area contributed by atoms with Crippen LogP contribution in [-0.4, -0.2) is 51.0 Å². The second kappa shape index (κ2) is 10.2. The molecule has 0 saturated carbocycles. The van der Waals surface area contributed by atoms with Gasteiger partial charge in [-0.15, -0.1) is 5.10 Å². The van der Waals surface area contributed by atoms with Gasteiger partial charge in [0.15, 0.2) is 0 Å². The number of carboxylic acid groups (broad SMARTS) is 1. The van der Waals surface area contributed by atoms with Crippen LogP contribution >= 0.6 is 0 Å². The van der Waals surface area contributed by atoms with E-state index in [2.05, 4.69) is 20.9 Å². The summed E-state index contributed by atoms with van der Waals surface area (Å²) in [5, 5.41) is 22.4. The van der Waals surface area contributed by atoms with E-state index in [4.69, 9.17) is 5.11 Å². The fourth-order valence-corrected chi connectivity index (χ4v) is 2.81. The van der Waals surface area contributed by atoms with Crippen LogP contribution in [0.3, 0.4) is 0 Å². The van der Waals surface area contributed by atoms with E-state index in [0.717, 1.165) is 5.56 Å². The second-order valence-electron chi connectivity index (χ2n) is 6.34. The quantitative estimate of drug-likeness (QED) is 0.558. The zero-order valence-electron chi connectivity index (χ0n) is 16.0. The Balaban J connectivity index is 1.91. The minimum absolute atomic E-state index is 0.0901. The second-order valence-corrected chi connectivity index (χ2v) is 6.34. The van der Waals surface area contributed by atoms with Crippen LogP contribution in [0.2, 0.25) is 0 Å². The van der Waals surface area contributed by atoms with Gasteiger partial charge in [0.2, 0.25) is 11.8 Å². The normalized spacial score (nSPS) is 11.6. The van der Waals surface area contributed by atoms with E-state index >= 15 is 0 Å². The molecule has 0 fully saturated rings. The predicted molar refractivity (Wildman–Crippen MR) is 102 cm³/mol. The smallest absolute Gasteiger partial charge is 0.307 e. The van der Waals surface area contributed by atoms with Crippen LogP contribution < -0.4 is 10.6 Å². The molecule has 0 aliphatic carbocycles. The number of rotatable bonds is 10. The van der Waals surface area contributed by atoms with Gasteiger partial charge >= 0.3 is 5.97 Å². The van der Waals surface area contributed by atoms with Crippen molar-refractivity contribution < 1.29 is 19.5 Å². The van der Waals surface area contributed by atoms with Crippen molar-refractivity contribution in [1.82, 2.24) is 25.6 Å². The van der Waals surface area contributed by atoms with Crippen LogP contribution in [0, 0.1) is 0 Å². The van der Waals surface area contributed by atoms with Gasteiger partial charge in [0.05, 0.1) is 12.6 Å². The molecule has 9 heteroatoms. The summed E-state index contributed by atoms with van der Waals surface area (Å²) < 4.78 is 1.62. The average Bonchev–Trinajstić information content (AvgIpc) is 3.14. The molecule has 1 unspecified atom stereocenters. The monoisotopic (exact) mass is 387 g/mol. The fraction of sp³-hybridized carbons (Fsp3) is 0.421. The molecule has 2 aromatic rings. The highest BCUT2D eigenvalue weighted by Crippen LogP contribution is 2.21. The summed E-state index contributed by atoms with van der Waals surface area (Å²) >= 11 is 0. The molecular weight excluding hydrogens is 362 g/mol. The van der Waals surface area contributed by atoms with Gasteiger partial charge in [-0.3, -0.25) is 19.1 Å². The van der Waals surface area contributed by atoms with Crippen LogP contribution in [-0.2, 0) is 27.3 Å². The van der Waals surface area contributed by atoms with Crippen molar-refractivity contribution in [3.63, 3.8) is 0 Å². The van der Waals surface area contributed by atoms with Gasteiger partial charge in [0, 0.05) is 25.6 Å². The number of likely N-dealkylation sites (N-methyl/N-ethyl adjacent to an activating group) is 1. The number of aromatic nitrogens is 3. The Kier molecular flexibility index (Phi) is 7.67. The van der Waals surface area contributed by atoms with Crippen molar-refractivity contribution in [1.29, 1.82) is 0 Å². The van der Waals surface area contributed by atoms with E-state index in [9.17, 15) is 14.4 Å². The zero-order valence-corrected chi connectivity index (χ0v) is 16.0. The molecule has 0 aliphatic rings. The van der Waals surface area contributed by atoms with Crippen molar-refractivity contribution in [2.75, 3.05) is 7.05 Å². The first kappa shape index (κ1) is 21.1. The molecule has 9 nitrogen and oxygen atoms in total. The topological polar surface area (TPSA) is 126 Å². The van der Waals surface area contributed by atoms with Crippen molar-refractivity contribution in [3.05, 3.63) is 36.0 Å². The minimum atomic E-state index is -0.909. The van der Waals surface area contributed by atoms with Crippen LogP contribution in [0.4, 0.5) is 0 Å². The highest BCUT2D eigenvalue weighted by Gasteiger charge is 2.17. The lowest BCUT2D eigenvalue weighted by molar-refractivity contribution is -0.136. The van der Waals surface area contributed by atoms with Crippen molar-refractivity contribution in [2.45, 2.75) is 45.2 Å². The number of hydrogen-bond donors (Lipinski definition) is 3. The van der Waals surface area contributed by atoms with E-state index in [1.54, 1.807) is 23.0 Å². The number of aryl methyl sites for hydroxylation is 1. The Bertz CT molecular complexity index is 833. The summed E-state index contributed by atoms with van der Waals surface area (Å²) in [6, 6.07) is 6.64. The van der Waals surface area contributed by atoms with Crippen LogP contribution in [0.1, 0.15) is 31.7 Å².